The SMILES string of the molecule is CC1(CI)Cc2ccccc21. The Morgan fingerprint density at radius 2 is 2.18 bits per heavy atom. The third-order valence-corrected chi connectivity index (χ3v) is 4.23. The maximum Gasteiger partial charge on any atom is 0.00932 e. The smallest absolute Gasteiger partial charge is 0.00932 e. The topological polar surface area (TPSA) is 0 Å². The fraction of sp³-hybridized carbons (Fsp3) is 0.400. The highest BCUT2D eigenvalue weighted by Crippen LogP contribution is 2.41. The molecule has 0 amide bonds. The van der Waals surface area contributed by atoms with Crippen LogP contribution in [-0.2, 0) is 11.8 Å². The van der Waals surface area contributed by atoms with Gasteiger partial charge >= 0.3 is 0 Å². The Labute approximate surface area is 81.1 Å². The van der Waals surface area contributed by atoms with Gasteiger partial charge in [-0.05, 0) is 17.5 Å². The van der Waals surface area contributed by atoms with E-state index in [1.54, 1.807) is 11.1 Å². The summed E-state index contributed by atoms with van der Waals surface area (Å²) < 4.78 is 1.24. The van der Waals surface area contributed by atoms with Crippen molar-refractivity contribution in [2.24, 2.45) is 0 Å². The van der Waals surface area contributed by atoms with Crippen molar-refractivity contribution in [2.75, 3.05) is 4.43 Å². The molecule has 0 radical (unpaired) electrons. The summed E-state index contributed by atoms with van der Waals surface area (Å²) >= 11 is 2.48. The molecule has 1 unspecified atom stereocenters. The van der Waals surface area contributed by atoms with Crippen molar-refractivity contribution < 1.29 is 0 Å². The highest BCUT2D eigenvalue weighted by atomic mass is 127. The van der Waals surface area contributed by atoms with E-state index in [1.165, 1.54) is 10.8 Å². The van der Waals surface area contributed by atoms with Gasteiger partial charge < -0.3 is 0 Å². The lowest BCUT2D eigenvalue weighted by Gasteiger charge is -2.39. The second-order valence-electron chi connectivity index (χ2n) is 3.53. The molecule has 1 aromatic rings. The zero-order valence-electron chi connectivity index (χ0n) is 6.60. The first-order valence-corrected chi connectivity index (χ1v) is 5.43. The minimum Gasteiger partial charge on any atom is -0.0854 e. The summed E-state index contributed by atoms with van der Waals surface area (Å²) in [5, 5.41) is 0. The molecule has 0 saturated carbocycles. The maximum atomic E-state index is 2.48. The van der Waals surface area contributed by atoms with E-state index in [-0.39, 0.29) is 0 Å². The molecule has 1 aromatic carbocycles. The summed E-state index contributed by atoms with van der Waals surface area (Å²) in [5.74, 6) is 0. The normalized spacial score (nSPS) is 27.5. The lowest BCUT2D eigenvalue weighted by atomic mass is 9.67. The van der Waals surface area contributed by atoms with Crippen LogP contribution in [0.1, 0.15) is 18.1 Å². The molecule has 0 heterocycles. The van der Waals surface area contributed by atoms with Crippen LogP contribution >= 0.6 is 22.6 Å². The van der Waals surface area contributed by atoms with Crippen LogP contribution in [0.15, 0.2) is 24.3 Å². The molecule has 0 N–H and O–H groups in total. The van der Waals surface area contributed by atoms with Crippen LogP contribution in [0.5, 0.6) is 0 Å². The molecule has 0 aliphatic heterocycles. The fourth-order valence-corrected chi connectivity index (χ4v) is 2.47. The zero-order chi connectivity index (χ0) is 7.90. The average molecular weight is 258 g/mol. The largest absolute Gasteiger partial charge is 0.0854 e. The molecule has 0 nitrogen and oxygen atoms in total. The summed E-state index contributed by atoms with van der Waals surface area (Å²) in [5.41, 5.74) is 3.60. The van der Waals surface area contributed by atoms with Gasteiger partial charge in [0, 0.05) is 9.84 Å². The van der Waals surface area contributed by atoms with E-state index < -0.39 is 0 Å². The van der Waals surface area contributed by atoms with Crippen molar-refractivity contribution in [1.82, 2.24) is 0 Å². The Hall–Kier alpha value is -0.0500. The van der Waals surface area contributed by atoms with Crippen molar-refractivity contribution in [3.8, 4) is 0 Å². The molecule has 0 bridgehead atoms. The Morgan fingerprint density at radius 3 is 2.82 bits per heavy atom. The Kier molecular flexibility index (Phi) is 1.71. The van der Waals surface area contributed by atoms with E-state index in [4.69, 9.17) is 0 Å². The number of benzene rings is 1. The predicted molar refractivity (Wildman–Crippen MR) is 56.4 cm³/mol. The minimum atomic E-state index is 0.483. The van der Waals surface area contributed by atoms with Crippen LogP contribution in [0.3, 0.4) is 0 Å². The lowest BCUT2D eigenvalue weighted by molar-refractivity contribution is 0.472. The first kappa shape index (κ1) is 7.59. The average Bonchev–Trinajstić information content (AvgIpc) is 2.02. The van der Waals surface area contributed by atoms with Gasteiger partial charge in [0.2, 0.25) is 0 Å². The summed E-state index contributed by atoms with van der Waals surface area (Å²) in [6, 6.07) is 8.77. The maximum absolute atomic E-state index is 2.48. The number of hydrogen-bond donors (Lipinski definition) is 0. The van der Waals surface area contributed by atoms with Gasteiger partial charge in [-0.25, -0.2) is 0 Å². The van der Waals surface area contributed by atoms with Crippen molar-refractivity contribution >= 4 is 22.6 Å². The Balaban J connectivity index is 2.43. The van der Waals surface area contributed by atoms with Crippen LogP contribution in [0.2, 0.25) is 0 Å². The molecule has 1 atom stereocenters. The molecule has 58 valence electrons. The van der Waals surface area contributed by atoms with Crippen molar-refractivity contribution in [2.45, 2.75) is 18.8 Å². The zero-order valence-corrected chi connectivity index (χ0v) is 8.76. The molecule has 1 aliphatic rings. The Morgan fingerprint density at radius 1 is 1.45 bits per heavy atom. The molecule has 1 heteroatoms. The van der Waals surface area contributed by atoms with E-state index in [2.05, 4.69) is 53.8 Å². The Bertz CT molecular complexity index is 280. The minimum absolute atomic E-state index is 0.483. The molecule has 0 spiro atoms. The van der Waals surface area contributed by atoms with Crippen LogP contribution in [-0.4, -0.2) is 4.43 Å². The van der Waals surface area contributed by atoms with E-state index in [1.807, 2.05) is 0 Å². The number of fused-ring (bicyclic) bond motifs is 1. The van der Waals surface area contributed by atoms with Gasteiger partial charge in [-0.2, -0.15) is 0 Å². The van der Waals surface area contributed by atoms with Crippen LogP contribution in [0, 0.1) is 0 Å². The molecule has 2 rings (SSSR count). The van der Waals surface area contributed by atoms with Gasteiger partial charge in [0.25, 0.3) is 0 Å². The van der Waals surface area contributed by atoms with E-state index in [0.717, 1.165) is 0 Å². The highest BCUT2D eigenvalue weighted by Gasteiger charge is 2.36. The first-order chi connectivity index (χ1) is 5.26. The van der Waals surface area contributed by atoms with Crippen LogP contribution in [0.4, 0.5) is 0 Å². The number of alkyl halides is 1. The summed E-state index contributed by atoms with van der Waals surface area (Å²) in [4.78, 5) is 0. The fourth-order valence-electron chi connectivity index (χ4n) is 1.79. The molecular formula is C10H11I. The molecular weight excluding hydrogens is 247 g/mol. The quantitative estimate of drug-likeness (QED) is 0.536. The third kappa shape index (κ3) is 1.01. The molecule has 0 saturated heterocycles. The van der Waals surface area contributed by atoms with Gasteiger partial charge in [-0.1, -0.05) is 53.8 Å². The van der Waals surface area contributed by atoms with Gasteiger partial charge in [0.1, 0.15) is 0 Å². The van der Waals surface area contributed by atoms with Crippen LogP contribution < -0.4 is 0 Å². The van der Waals surface area contributed by atoms with Gasteiger partial charge in [-0.3, -0.25) is 0 Å². The predicted octanol–water partition coefficient (Wildman–Crippen LogP) is 2.94. The van der Waals surface area contributed by atoms with Gasteiger partial charge in [0.05, 0.1) is 0 Å². The van der Waals surface area contributed by atoms with Crippen molar-refractivity contribution in [3.05, 3.63) is 35.4 Å². The second-order valence-corrected chi connectivity index (χ2v) is 4.29. The summed E-state index contributed by atoms with van der Waals surface area (Å²) in [7, 11) is 0. The summed E-state index contributed by atoms with van der Waals surface area (Å²) in [6.45, 7) is 2.35. The van der Waals surface area contributed by atoms with E-state index in [9.17, 15) is 0 Å². The third-order valence-electron chi connectivity index (χ3n) is 2.54. The second kappa shape index (κ2) is 2.47. The standard InChI is InChI=1S/C10H11I/c1-10(7-11)6-8-4-2-3-5-9(8)10/h2-5H,6-7H2,1H3. The molecule has 11 heavy (non-hydrogen) atoms. The number of halogens is 1. The molecule has 1 aliphatic carbocycles. The van der Waals surface area contributed by atoms with E-state index in [0.29, 0.717) is 5.41 Å². The lowest BCUT2D eigenvalue weighted by Crippen LogP contribution is -2.37. The molecule has 0 fully saturated rings. The number of rotatable bonds is 1. The highest BCUT2D eigenvalue weighted by molar-refractivity contribution is 14.1. The van der Waals surface area contributed by atoms with Crippen LogP contribution in [0.25, 0.3) is 0 Å². The van der Waals surface area contributed by atoms with Gasteiger partial charge in [0.15, 0.2) is 0 Å². The monoisotopic (exact) mass is 258 g/mol. The van der Waals surface area contributed by atoms with E-state index >= 15 is 0 Å². The van der Waals surface area contributed by atoms with Crippen molar-refractivity contribution in [1.29, 1.82) is 0 Å². The summed E-state index contributed by atoms with van der Waals surface area (Å²) in [6.07, 6.45) is 1.27. The van der Waals surface area contributed by atoms with Gasteiger partial charge in [-0.15, -0.1) is 0 Å². The molecule has 0 aromatic heterocycles. The van der Waals surface area contributed by atoms with Crippen molar-refractivity contribution in [3.63, 3.8) is 0 Å². The number of hydrogen-bond acceptors (Lipinski definition) is 0. The first-order valence-electron chi connectivity index (χ1n) is 3.91.